The lowest BCUT2D eigenvalue weighted by atomic mass is 10.1. The topological polar surface area (TPSA) is 44.4 Å². The molecule has 4 nitrogen and oxygen atoms in total. The van der Waals surface area contributed by atoms with E-state index in [4.69, 9.17) is 0 Å². The van der Waals surface area contributed by atoms with Gasteiger partial charge in [-0.05, 0) is 44.0 Å². The quantitative estimate of drug-likeness (QED) is 0.828. The number of rotatable bonds is 6. The third-order valence-electron chi connectivity index (χ3n) is 3.22. The zero-order valence-electron chi connectivity index (χ0n) is 12.6. The number of nitrogens with one attached hydrogen (secondary N) is 2. The Bertz CT molecular complexity index is 429. The molecule has 0 saturated carbocycles. The maximum Gasteiger partial charge on any atom is 0.238 e. The molecule has 2 N–H and O–H groups in total. The van der Waals surface area contributed by atoms with Gasteiger partial charge in [0.2, 0.25) is 5.91 Å². The molecule has 0 spiro atoms. The van der Waals surface area contributed by atoms with Crippen molar-refractivity contribution >= 4 is 17.3 Å². The fraction of sp³-hybridized carbons (Fsp3) is 0.533. The van der Waals surface area contributed by atoms with Gasteiger partial charge in [-0.1, -0.05) is 6.92 Å². The molecule has 1 aromatic carbocycles. The van der Waals surface area contributed by atoms with Gasteiger partial charge in [0.05, 0.1) is 6.54 Å². The largest absolute Gasteiger partial charge is 0.378 e. The van der Waals surface area contributed by atoms with Gasteiger partial charge in [0.1, 0.15) is 0 Å². The summed E-state index contributed by atoms with van der Waals surface area (Å²) in [6.07, 6.45) is 1.02. The van der Waals surface area contributed by atoms with Gasteiger partial charge in [-0.25, -0.2) is 0 Å². The molecule has 1 atom stereocenters. The maximum atomic E-state index is 11.8. The summed E-state index contributed by atoms with van der Waals surface area (Å²) in [6, 6.07) is 6.39. The van der Waals surface area contributed by atoms with Gasteiger partial charge in [0, 0.05) is 31.5 Å². The molecule has 0 aliphatic rings. The first kappa shape index (κ1) is 15.5. The molecule has 0 radical (unpaired) electrons. The van der Waals surface area contributed by atoms with Crippen molar-refractivity contribution in [3.05, 3.63) is 23.8 Å². The molecule has 0 aromatic heterocycles. The Hall–Kier alpha value is -1.55. The predicted octanol–water partition coefficient (Wildman–Crippen LogP) is 2.39. The number of nitrogens with zero attached hydrogens (tertiary/aromatic N) is 1. The Morgan fingerprint density at radius 1 is 1.37 bits per heavy atom. The summed E-state index contributed by atoms with van der Waals surface area (Å²) in [5.74, 6) is 0.000929. The van der Waals surface area contributed by atoms with E-state index in [0.29, 0.717) is 12.6 Å². The van der Waals surface area contributed by atoms with Crippen molar-refractivity contribution in [3.8, 4) is 0 Å². The number of aryl methyl sites for hydroxylation is 1. The van der Waals surface area contributed by atoms with Gasteiger partial charge in [-0.15, -0.1) is 0 Å². The monoisotopic (exact) mass is 263 g/mol. The van der Waals surface area contributed by atoms with Crippen LogP contribution in [0.5, 0.6) is 0 Å². The molecule has 0 saturated heterocycles. The van der Waals surface area contributed by atoms with Gasteiger partial charge in [0.25, 0.3) is 0 Å². The molecule has 0 fully saturated rings. The molecule has 106 valence electrons. The van der Waals surface area contributed by atoms with Crippen LogP contribution in [0.25, 0.3) is 0 Å². The van der Waals surface area contributed by atoms with Crippen LogP contribution < -0.4 is 15.5 Å². The minimum absolute atomic E-state index is 0.000929. The predicted molar refractivity (Wildman–Crippen MR) is 81.9 cm³/mol. The van der Waals surface area contributed by atoms with Crippen molar-refractivity contribution < 1.29 is 4.79 Å². The van der Waals surface area contributed by atoms with Gasteiger partial charge in [-0.3, -0.25) is 4.79 Å². The highest BCUT2D eigenvalue weighted by Gasteiger charge is 2.07. The number of hydrogen-bond donors (Lipinski definition) is 2. The molecule has 1 aromatic rings. The Labute approximate surface area is 116 Å². The number of benzene rings is 1. The van der Waals surface area contributed by atoms with Crippen molar-refractivity contribution in [1.29, 1.82) is 0 Å². The van der Waals surface area contributed by atoms with Crippen molar-refractivity contribution in [2.75, 3.05) is 30.9 Å². The van der Waals surface area contributed by atoms with Crippen LogP contribution >= 0.6 is 0 Å². The lowest BCUT2D eigenvalue weighted by Crippen LogP contribution is -2.34. The van der Waals surface area contributed by atoms with E-state index in [1.54, 1.807) is 0 Å². The lowest BCUT2D eigenvalue weighted by molar-refractivity contribution is -0.115. The van der Waals surface area contributed by atoms with E-state index >= 15 is 0 Å². The van der Waals surface area contributed by atoms with Crippen LogP contribution in [0, 0.1) is 6.92 Å². The highest BCUT2D eigenvalue weighted by molar-refractivity contribution is 5.93. The van der Waals surface area contributed by atoms with Crippen molar-refractivity contribution in [1.82, 2.24) is 5.32 Å². The first-order valence-electron chi connectivity index (χ1n) is 6.75. The number of anilines is 2. The van der Waals surface area contributed by atoms with Crippen LogP contribution in [-0.2, 0) is 4.79 Å². The summed E-state index contributed by atoms with van der Waals surface area (Å²) >= 11 is 0. The second-order valence-electron chi connectivity index (χ2n) is 5.13. The van der Waals surface area contributed by atoms with Gasteiger partial charge >= 0.3 is 0 Å². The SMILES string of the molecule is CCC(C)NCC(=O)Nc1ccc(N(C)C)cc1C. The zero-order chi connectivity index (χ0) is 14.4. The van der Waals surface area contributed by atoms with Crippen LogP contribution in [-0.4, -0.2) is 32.6 Å². The Balaban J connectivity index is 2.60. The average molecular weight is 263 g/mol. The Morgan fingerprint density at radius 2 is 2.05 bits per heavy atom. The average Bonchev–Trinajstić information content (AvgIpc) is 2.38. The number of hydrogen-bond acceptors (Lipinski definition) is 3. The number of carbonyl (C=O) groups excluding carboxylic acids is 1. The third-order valence-corrected chi connectivity index (χ3v) is 3.22. The van der Waals surface area contributed by atoms with Crippen LogP contribution in [0.2, 0.25) is 0 Å². The number of amides is 1. The molecule has 4 heteroatoms. The van der Waals surface area contributed by atoms with E-state index in [9.17, 15) is 4.79 Å². The van der Waals surface area contributed by atoms with Crippen LogP contribution in [0.15, 0.2) is 18.2 Å². The van der Waals surface area contributed by atoms with E-state index in [1.165, 1.54) is 0 Å². The van der Waals surface area contributed by atoms with E-state index < -0.39 is 0 Å². The maximum absolute atomic E-state index is 11.8. The molecule has 0 bridgehead atoms. The molecule has 0 aliphatic carbocycles. The van der Waals surface area contributed by atoms with Gasteiger partial charge < -0.3 is 15.5 Å². The molecular formula is C15H25N3O. The minimum Gasteiger partial charge on any atom is -0.378 e. The molecule has 0 aliphatic heterocycles. The van der Waals surface area contributed by atoms with Crippen molar-refractivity contribution in [3.63, 3.8) is 0 Å². The Kier molecular flexibility index (Phi) is 5.83. The lowest BCUT2D eigenvalue weighted by Gasteiger charge is -2.16. The van der Waals surface area contributed by atoms with Crippen LogP contribution in [0.4, 0.5) is 11.4 Å². The Morgan fingerprint density at radius 3 is 2.58 bits per heavy atom. The highest BCUT2D eigenvalue weighted by Crippen LogP contribution is 2.21. The van der Waals surface area contributed by atoms with E-state index in [0.717, 1.165) is 23.4 Å². The molecule has 19 heavy (non-hydrogen) atoms. The van der Waals surface area contributed by atoms with Crippen LogP contribution in [0.1, 0.15) is 25.8 Å². The second kappa shape index (κ2) is 7.14. The molecule has 1 unspecified atom stereocenters. The summed E-state index contributed by atoms with van der Waals surface area (Å²) in [6.45, 7) is 6.53. The summed E-state index contributed by atoms with van der Waals surface area (Å²) in [4.78, 5) is 13.9. The molecule has 1 rings (SSSR count). The number of carbonyl (C=O) groups is 1. The van der Waals surface area contributed by atoms with Crippen molar-refractivity contribution in [2.45, 2.75) is 33.2 Å². The summed E-state index contributed by atoms with van der Waals surface area (Å²) in [5.41, 5.74) is 3.08. The summed E-state index contributed by atoms with van der Waals surface area (Å²) in [7, 11) is 4.01. The fourth-order valence-corrected chi connectivity index (χ4v) is 1.67. The standard InChI is InChI=1S/C15H25N3O/c1-6-12(3)16-10-15(19)17-14-8-7-13(18(4)5)9-11(14)2/h7-9,12,16H,6,10H2,1-5H3,(H,17,19). The highest BCUT2D eigenvalue weighted by atomic mass is 16.1. The normalized spacial score (nSPS) is 12.1. The van der Waals surface area contributed by atoms with Crippen LogP contribution in [0.3, 0.4) is 0 Å². The molecule has 0 heterocycles. The summed E-state index contributed by atoms with van der Waals surface area (Å²) < 4.78 is 0. The smallest absolute Gasteiger partial charge is 0.238 e. The van der Waals surface area contributed by atoms with Crippen molar-refractivity contribution in [2.24, 2.45) is 0 Å². The molecular weight excluding hydrogens is 238 g/mol. The second-order valence-corrected chi connectivity index (χ2v) is 5.13. The van der Waals surface area contributed by atoms with E-state index in [1.807, 2.05) is 38.1 Å². The summed E-state index contributed by atoms with van der Waals surface area (Å²) in [5, 5.41) is 6.12. The van der Waals surface area contributed by atoms with E-state index in [2.05, 4.69) is 30.5 Å². The first-order chi connectivity index (χ1) is 8.93. The zero-order valence-corrected chi connectivity index (χ0v) is 12.6. The third kappa shape index (κ3) is 4.91. The minimum atomic E-state index is 0.000929. The van der Waals surface area contributed by atoms with E-state index in [-0.39, 0.29) is 5.91 Å². The first-order valence-corrected chi connectivity index (χ1v) is 6.75. The van der Waals surface area contributed by atoms with Gasteiger partial charge in [-0.2, -0.15) is 0 Å². The molecule has 1 amide bonds. The fourth-order valence-electron chi connectivity index (χ4n) is 1.67. The van der Waals surface area contributed by atoms with Gasteiger partial charge in [0.15, 0.2) is 0 Å².